The van der Waals surface area contributed by atoms with Gasteiger partial charge in [-0.15, -0.1) is 0 Å². The molecular formula is C22H27ClN2O4. The summed E-state index contributed by atoms with van der Waals surface area (Å²) in [5, 5.41) is 5.73. The largest absolute Gasteiger partial charge is 0.490 e. The Morgan fingerprint density at radius 3 is 2.38 bits per heavy atom. The molecule has 0 aliphatic rings. The van der Waals surface area contributed by atoms with Crippen molar-refractivity contribution in [2.75, 3.05) is 25.1 Å². The Bertz CT molecular complexity index is 863. The molecule has 0 bridgehead atoms. The van der Waals surface area contributed by atoms with Crippen LogP contribution in [0.3, 0.4) is 0 Å². The van der Waals surface area contributed by atoms with Gasteiger partial charge in [-0.3, -0.25) is 9.59 Å². The lowest BCUT2D eigenvalue weighted by atomic mass is 10.1. The first kappa shape index (κ1) is 22.6. The van der Waals surface area contributed by atoms with Crippen LogP contribution >= 0.6 is 11.6 Å². The number of nitrogens with one attached hydrogen (secondary N) is 2. The maximum atomic E-state index is 12.5. The van der Waals surface area contributed by atoms with Crippen LogP contribution in [-0.4, -0.2) is 31.6 Å². The minimum Gasteiger partial charge on any atom is -0.490 e. The second-order valence-electron chi connectivity index (χ2n) is 6.56. The van der Waals surface area contributed by atoms with Gasteiger partial charge >= 0.3 is 0 Å². The van der Waals surface area contributed by atoms with E-state index in [1.807, 2.05) is 45.9 Å². The molecular weight excluding hydrogens is 392 g/mol. The molecule has 6 nitrogen and oxygen atoms in total. The number of anilines is 1. The molecule has 0 spiro atoms. The summed E-state index contributed by atoms with van der Waals surface area (Å²) in [5.74, 6) is 0.0830. The molecule has 0 radical (unpaired) electrons. The van der Waals surface area contributed by atoms with E-state index in [9.17, 15) is 9.59 Å². The van der Waals surface area contributed by atoms with Crippen molar-refractivity contribution < 1.29 is 19.1 Å². The summed E-state index contributed by atoms with van der Waals surface area (Å²) >= 11 is 6.29. The number of carbonyl (C=O) groups is 2. The quantitative estimate of drug-likeness (QED) is 0.628. The normalized spacial score (nSPS) is 10.4. The maximum Gasteiger partial charge on any atom is 0.251 e. The van der Waals surface area contributed by atoms with Crippen molar-refractivity contribution in [3.63, 3.8) is 0 Å². The lowest BCUT2D eigenvalue weighted by Crippen LogP contribution is -2.33. The topological polar surface area (TPSA) is 76.7 Å². The van der Waals surface area contributed by atoms with Gasteiger partial charge < -0.3 is 20.1 Å². The van der Waals surface area contributed by atoms with Crippen LogP contribution in [0, 0.1) is 13.8 Å². The molecule has 2 aromatic carbocycles. The monoisotopic (exact) mass is 418 g/mol. The number of benzene rings is 2. The highest BCUT2D eigenvalue weighted by atomic mass is 35.5. The summed E-state index contributed by atoms with van der Waals surface area (Å²) < 4.78 is 11.2. The number of para-hydroxylation sites is 1. The summed E-state index contributed by atoms with van der Waals surface area (Å²) in [6.07, 6.45) is 0.819. The summed E-state index contributed by atoms with van der Waals surface area (Å²) in [6.45, 7) is 8.39. The average Bonchev–Trinajstić information content (AvgIpc) is 2.68. The van der Waals surface area contributed by atoms with Gasteiger partial charge in [0, 0.05) is 11.3 Å². The SMILES string of the molecule is CCCOc1c(Cl)cc(C(=O)NCC(=O)Nc2c(C)cccc2C)cc1OCC. The van der Waals surface area contributed by atoms with Crippen LogP contribution in [-0.2, 0) is 4.79 Å². The third-order valence-electron chi connectivity index (χ3n) is 4.18. The number of hydrogen-bond donors (Lipinski definition) is 2. The molecule has 0 saturated heterocycles. The lowest BCUT2D eigenvalue weighted by molar-refractivity contribution is -0.115. The molecule has 2 aromatic rings. The van der Waals surface area contributed by atoms with Gasteiger partial charge in [0.1, 0.15) is 0 Å². The fourth-order valence-electron chi connectivity index (χ4n) is 2.76. The maximum absolute atomic E-state index is 12.5. The van der Waals surface area contributed by atoms with Crippen LogP contribution in [0.15, 0.2) is 30.3 Å². The first-order valence-electron chi connectivity index (χ1n) is 9.60. The van der Waals surface area contributed by atoms with Crippen molar-refractivity contribution in [3.8, 4) is 11.5 Å². The molecule has 0 heterocycles. The van der Waals surface area contributed by atoms with Crippen LogP contribution in [0.1, 0.15) is 41.8 Å². The molecule has 0 aliphatic heterocycles. The summed E-state index contributed by atoms with van der Waals surface area (Å²) in [6, 6.07) is 8.84. The van der Waals surface area contributed by atoms with E-state index in [2.05, 4.69) is 10.6 Å². The predicted octanol–water partition coefficient (Wildman–Crippen LogP) is 4.51. The first-order chi connectivity index (χ1) is 13.9. The van der Waals surface area contributed by atoms with E-state index < -0.39 is 5.91 Å². The van der Waals surface area contributed by atoms with Crippen LogP contribution in [0.4, 0.5) is 5.69 Å². The van der Waals surface area contributed by atoms with E-state index in [1.54, 1.807) is 6.07 Å². The minimum atomic E-state index is -0.424. The number of amides is 2. The average molecular weight is 419 g/mol. The molecule has 156 valence electrons. The van der Waals surface area contributed by atoms with Crippen molar-refractivity contribution in [2.45, 2.75) is 34.1 Å². The highest BCUT2D eigenvalue weighted by Crippen LogP contribution is 2.36. The van der Waals surface area contributed by atoms with Gasteiger partial charge in [0.2, 0.25) is 5.91 Å². The predicted molar refractivity (Wildman–Crippen MR) is 115 cm³/mol. The van der Waals surface area contributed by atoms with E-state index in [0.717, 1.165) is 23.2 Å². The van der Waals surface area contributed by atoms with Crippen LogP contribution in [0.5, 0.6) is 11.5 Å². The number of rotatable bonds is 9. The van der Waals surface area contributed by atoms with E-state index in [1.165, 1.54) is 6.07 Å². The summed E-state index contributed by atoms with van der Waals surface area (Å²) in [5.41, 5.74) is 2.97. The molecule has 0 unspecified atom stereocenters. The van der Waals surface area contributed by atoms with Gasteiger partial charge in [0.15, 0.2) is 11.5 Å². The Hall–Kier alpha value is -2.73. The van der Waals surface area contributed by atoms with E-state index in [4.69, 9.17) is 21.1 Å². The fourth-order valence-corrected chi connectivity index (χ4v) is 3.03. The molecule has 0 fully saturated rings. The minimum absolute atomic E-state index is 0.164. The number of carbonyl (C=O) groups excluding carboxylic acids is 2. The van der Waals surface area contributed by atoms with Gasteiger partial charge in [-0.25, -0.2) is 0 Å². The summed E-state index contributed by atoms with van der Waals surface area (Å²) in [4.78, 5) is 24.8. The number of aryl methyl sites for hydroxylation is 2. The van der Waals surface area contributed by atoms with Crippen LogP contribution < -0.4 is 20.1 Å². The van der Waals surface area contributed by atoms with Crippen molar-refractivity contribution in [1.29, 1.82) is 0 Å². The zero-order valence-corrected chi connectivity index (χ0v) is 18.0. The highest BCUT2D eigenvalue weighted by Gasteiger charge is 2.17. The second kappa shape index (κ2) is 10.7. The Morgan fingerprint density at radius 2 is 1.76 bits per heavy atom. The first-order valence-corrected chi connectivity index (χ1v) is 9.98. The number of ether oxygens (including phenoxy) is 2. The summed E-state index contributed by atoms with van der Waals surface area (Å²) in [7, 11) is 0. The van der Waals surface area contributed by atoms with Crippen molar-refractivity contribution >= 4 is 29.1 Å². The van der Waals surface area contributed by atoms with Crippen LogP contribution in [0.25, 0.3) is 0 Å². The molecule has 2 rings (SSSR count). The van der Waals surface area contributed by atoms with Gasteiger partial charge in [-0.2, -0.15) is 0 Å². The van der Waals surface area contributed by atoms with Gasteiger partial charge in [0.25, 0.3) is 5.91 Å². The van der Waals surface area contributed by atoms with Gasteiger partial charge in [0.05, 0.1) is 24.8 Å². The van der Waals surface area contributed by atoms with Gasteiger partial charge in [-0.1, -0.05) is 36.7 Å². The Balaban J connectivity index is 2.07. The molecule has 0 atom stereocenters. The van der Waals surface area contributed by atoms with Crippen molar-refractivity contribution in [3.05, 3.63) is 52.0 Å². The third kappa shape index (κ3) is 6.12. The fraction of sp³-hybridized carbons (Fsp3) is 0.364. The van der Waals surface area contributed by atoms with Crippen molar-refractivity contribution in [1.82, 2.24) is 5.32 Å². The number of halogens is 1. The van der Waals surface area contributed by atoms with E-state index in [0.29, 0.717) is 30.3 Å². The second-order valence-corrected chi connectivity index (χ2v) is 6.97. The molecule has 0 saturated carbocycles. The molecule has 7 heteroatoms. The standard InChI is InChI=1S/C22H27ClN2O4/c1-5-10-29-21-17(23)11-16(12-18(21)28-6-2)22(27)24-13-19(26)25-20-14(3)8-7-9-15(20)4/h7-9,11-12H,5-6,10,13H2,1-4H3,(H,24,27)(H,25,26). The Morgan fingerprint density at radius 1 is 1.07 bits per heavy atom. The molecule has 0 aromatic heterocycles. The lowest BCUT2D eigenvalue weighted by Gasteiger charge is -2.15. The molecule has 2 amide bonds. The molecule has 2 N–H and O–H groups in total. The zero-order valence-electron chi connectivity index (χ0n) is 17.2. The van der Waals surface area contributed by atoms with Gasteiger partial charge in [-0.05, 0) is 50.5 Å². The Labute approximate surface area is 176 Å². The van der Waals surface area contributed by atoms with E-state index in [-0.39, 0.29) is 17.5 Å². The van der Waals surface area contributed by atoms with Crippen molar-refractivity contribution in [2.24, 2.45) is 0 Å². The zero-order chi connectivity index (χ0) is 21.4. The van der Waals surface area contributed by atoms with Crippen LogP contribution in [0.2, 0.25) is 5.02 Å². The Kier molecular flexibility index (Phi) is 8.34. The smallest absolute Gasteiger partial charge is 0.251 e. The third-order valence-corrected chi connectivity index (χ3v) is 4.46. The number of hydrogen-bond acceptors (Lipinski definition) is 4. The molecule has 0 aliphatic carbocycles. The van der Waals surface area contributed by atoms with E-state index >= 15 is 0 Å². The highest BCUT2D eigenvalue weighted by molar-refractivity contribution is 6.32. The molecule has 29 heavy (non-hydrogen) atoms.